The number of carbonyl (C=O) groups is 1. The van der Waals surface area contributed by atoms with Crippen LogP contribution in [0.4, 0.5) is 17.3 Å². The number of benzene rings is 1. The van der Waals surface area contributed by atoms with Gasteiger partial charge in [0.1, 0.15) is 0 Å². The van der Waals surface area contributed by atoms with Crippen molar-refractivity contribution >= 4 is 23.2 Å². The van der Waals surface area contributed by atoms with E-state index in [1.165, 1.54) is 12.4 Å². The van der Waals surface area contributed by atoms with Gasteiger partial charge in [0, 0.05) is 39.1 Å². The fraction of sp³-hybridized carbons (Fsp3) is 0.389. The Labute approximate surface area is 152 Å². The molecule has 0 radical (unpaired) electrons. The van der Waals surface area contributed by atoms with Gasteiger partial charge in [-0.3, -0.25) is 4.79 Å². The Hall–Kier alpha value is -2.71. The number of para-hydroxylation sites is 2. The molecule has 26 heavy (non-hydrogen) atoms. The van der Waals surface area contributed by atoms with Gasteiger partial charge in [0.15, 0.2) is 0 Å². The lowest BCUT2D eigenvalue weighted by Crippen LogP contribution is -2.36. The summed E-state index contributed by atoms with van der Waals surface area (Å²) in [6.07, 6.45) is 3.02. The highest BCUT2D eigenvalue weighted by Crippen LogP contribution is 2.26. The van der Waals surface area contributed by atoms with E-state index in [-0.39, 0.29) is 5.91 Å². The van der Waals surface area contributed by atoms with Crippen LogP contribution in [-0.4, -0.2) is 62.4 Å². The van der Waals surface area contributed by atoms with E-state index in [1.54, 1.807) is 7.11 Å². The van der Waals surface area contributed by atoms with E-state index in [9.17, 15) is 4.79 Å². The Balaban J connectivity index is 1.66. The maximum atomic E-state index is 12.5. The average Bonchev–Trinajstić information content (AvgIpc) is 2.70. The molecule has 2 heterocycles. The number of morpholine rings is 1. The van der Waals surface area contributed by atoms with E-state index in [2.05, 4.69) is 25.5 Å². The zero-order valence-corrected chi connectivity index (χ0v) is 14.8. The number of anilines is 3. The number of nitrogens with one attached hydrogen (secondary N) is 2. The van der Waals surface area contributed by atoms with Gasteiger partial charge in [-0.25, -0.2) is 9.97 Å². The summed E-state index contributed by atoms with van der Waals surface area (Å²) in [6.45, 7) is 4.15. The molecular weight excluding hydrogens is 334 g/mol. The lowest BCUT2D eigenvalue weighted by atomic mass is 10.2. The van der Waals surface area contributed by atoms with Gasteiger partial charge in [0.2, 0.25) is 5.95 Å². The Morgan fingerprint density at radius 1 is 1.23 bits per heavy atom. The van der Waals surface area contributed by atoms with Crippen molar-refractivity contribution in [2.45, 2.75) is 0 Å². The second-order valence-corrected chi connectivity index (χ2v) is 5.79. The van der Waals surface area contributed by atoms with Crippen LogP contribution in [0.5, 0.6) is 0 Å². The van der Waals surface area contributed by atoms with Crippen LogP contribution < -0.4 is 15.5 Å². The number of amides is 1. The fourth-order valence-corrected chi connectivity index (χ4v) is 2.66. The van der Waals surface area contributed by atoms with E-state index >= 15 is 0 Å². The molecule has 2 aromatic rings. The highest BCUT2D eigenvalue weighted by Gasteiger charge is 2.16. The van der Waals surface area contributed by atoms with E-state index < -0.39 is 0 Å². The Bertz CT molecular complexity index is 717. The van der Waals surface area contributed by atoms with E-state index in [4.69, 9.17) is 9.47 Å². The molecule has 1 aromatic heterocycles. The van der Waals surface area contributed by atoms with Crippen LogP contribution in [0.15, 0.2) is 36.7 Å². The van der Waals surface area contributed by atoms with Crippen LogP contribution in [0.25, 0.3) is 0 Å². The van der Waals surface area contributed by atoms with Crippen molar-refractivity contribution in [3.05, 3.63) is 42.2 Å². The predicted molar refractivity (Wildman–Crippen MR) is 99.8 cm³/mol. The molecule has 138 valence electrons. The minimum absolute atomic E-state index is 0.242. The molecule has 0 bridgehead atoms. The standard InChI is InChI=1S/C18H23N5O3/c1-25-9-6-19-18-20-12-14(13-21-18)17(24)22-15-4-2-3-5-16(15)23-7-10-26-11-8-23/h2-5,12-13H,6-11H2,1H3,(H,22,24)(H,19,20,21). The van der Waals surface area contributed by atoms with Crippen molar-refractivity contribution in [3.63, 3.8) is 0 Å². The molecule has 0 saturated carbocycles. The van der Waals surface area contributed by atoms with Gasteiger partial charge in [0.05, 0.1) is 36.8 Å². The summed E-state index contributed by atoms with van der Waals surface area (Å²) < 4.78 is 10.4. The lowest BCUT2D eigenvalue weighted by molar-refractivity contribution is 0.102. The number of hydrogen-bond donors (Lipinski definition) is 2. The number of hydrogen-bond acceptors (Lipinski definition) is 7. The van der Waals surface area contributed by atoms with Crippen molar-refractivity contribution in [3.8, 4) is 0 Å². The third-order valence-corrected chi connectivity index (χ3v) is 4.01. The summed E-state index contributed by atoms with van der Waals surface area (Å²) in [5.41, 5.74) is 2.16. The molecule has 1 saturated heterocycles. The van der Waals surface area contributed by atoms with Crippen molar-refractivity contribution in [2.24, 2.45) is 0 Å². The molecule has 0 aliphatic carbocycles. The molecule has 1 aromatic carbocycles. The minimum Gasteiger partial charge on any atom is -0.383 e. The van der Waals surface area contributed by atoms with E-state index in [0.717, 1.165) is 24.5 Å². The summed E-state index contributed by atoms with van der Waals surface area (Å²) >= 11 is 0. The minimum atomic E-state index is -0.242. The van der Waals surface area contributed by atoms with E-state index in [1.807, 2.05) is 24.3 Å². The molecule has 1 aliphatic heterocycles. The number of ether oxygens (including phenoxy) is 2. The number of methoxy groups -OCH3 is 1. The number of carbonyl (C=O) groups excluding carboxylic acids is 1. The van der Waals surface area contributed by atoms with Crippen LogP contribution in [0.1, 0.15) is 10.4 Å². The van der Waals surface area contributed by atoms with Crippen LogP contribution >= 0.6 is 0 Å². The van der Waals surface area contributed by atoms with Crippen LogP contribution in [0.3, 0.4) is 0 Å². The van der Waals surface area contributed by atoms with Gasteiger partial charge in [-0.1, -0.05) is 12.1 Å². The molecule has 1 amide bonds. The van der Waals surface area contributed by atoms with Gasteiger partial charge in [-0.15, -0.1) is 0 Å². The second-order valence-electron chi connectivity index (χ2n) is 5.79. The van der Waals surface area contributed by atoms with Gasteiger partial charge in [-0.2, -0.15) is 0 Å². The summed E-state index contributed by atoms with van der Waals surface area (Å²) in [5, 5.41) is 5.97. The summed E-state index contributed by atoms with van der Waals surface area (Å²) in [6, 6.07) is 7.76. The van der Waals surface area contributed by atoms with Crippen molar-refractivity contribution in [2.75, 3.05) is 62.1 Å². The van der Waals surface area contributed by atoms with Crippen LogP contribution in [0, 0.1) is 0 Å². The summed E-state index contributed by atoms with van der Waals surface area (Å²) in [5.74, 6) is 0.224. The Morgan fingerprint density at radius 2 is 1.96 bits per heavy atom. The first-order valence-corrected chi connectivity index (χ1v) is 8.56. The molecule has 1 aliphatic rings. The van der Waals surface area contributed by atoms with E-state index in [0.29, 0.717) is 37.9 Å². The third kappa shape index (κ3) is 4.68. The van der Waals surface area contributed by atoms with Crippen molar-refractivity contribution in [1.29, 1.82) is 0 Å². The number of nitrogens with zero attached hydrogens (tertiary/aromatic N) is 3. The normalized spacial score (nSPS) is 14.1. The van der Waals surface area contributed by atoms with Gasteiger partial charge >= 0.3 is 0 Å². The Kier molecular flexibility index (Phi) is 6.34. The molecule has 8 heteroatoms. The lowest BCUT2D eigenvalue weighted by Gasteiger charge is -2.30. The van der Waals surface area contributed by atoms with Crippen LogP contribution in [-0.2, 0) is 9.47 Å². The molecule has 0 atom stereocenters. The fourth-order valence-electron chi connectivity index (χ4n) is 2.66. The zero-order valence-electron chi connectivity index (χ0n) is 14.8. The Morgan fingerprint density at radius 3 is 2.69 bits per heavy atom. The monoisotopic (exact) mass is 357 g/mol. The molecule has 0 spiro atoms. The maximum Gasteiger partial charge on any atom is 0.258 e. The average molecular weight is 357 g/mol. The zero-order chi connectivity index (χ0) is 18.2. The molecule has 8 nitrogen and oxygen atoms in total. The first kappa shape index (κ1) is 18.1. The quantitative estimate of drug-likeness (QED) is 0.728. The number of aromatic nitrogens is 2. The molecule has 0 unspecified atom stereocenters. The molecule has 2 N–H and O–H groups in total. The third-order valence-electron chi connectivity index (χ3n) is 4.01. The van der Waals surface area contributed by atoms with Gasteiger partial charge in [-0.05, 0) is 12.1 Å². The highest BCUT2D eigenvalue weighted by molar-refractivity contribution is 6.05. The summed E-state index contributed by atoms with van der Waals surface area (Å²) in [4.78, 5) is 23.1. The summed E-state index contributed by atoms with van der Waals surface area (Å²) in [7, 11) is 1.63. The van der Waals surface area contributed by atoms with Gasteiger partial charge < -0.3 is 25.0 Å². The molecule has 3 rings (SSSR count). The first-order valence-electron chi connectivity index (χ1n) is 8.56. The van der Waals surface area contributed by atoms with Gasteiger partial charge in [0.25, 0.3) is 5.91 Å². The number of rotatable bonds is 7. The first-order chi connectivity index (χ1) is 12.8. The largest absolute Gasteiger partial charge is 0.383 e. The molecule has 1 fully saturated rings. The topological polar surface area (TPSA) is 88.6 Å². The second kappa shape index (κ2) is 9.12. The van der Waals surface area contributed by atoms with Crippen molar-refractivity contribution in [1.82, 2.24) is 9.97 Å². The maximum absolute atomic E-state index is 12.5. The highest BCUT2D eigenvalue weighted by atomic mass is 16.5. The van der Waals surface area contributed by atoms with Crippen LogP contribution in [0.2, 0.25) is 0 Å². The van der Waals surface area contributed by atoms with Crippen molar-refractivity contribution < 1.29 is 14.3 Å². The predicted octanol–water partition coefficient (Wildman–Crippen LogP) is 1.62. The SMILES string of the molecule is COCCNc1ncc(C(=O)Nc2ccccc2N2CCOCC2)cn1. The smallest absolute Gasteiger partial charge is 0.258 e. The molecular formula is C18H23N5O3.